The molecule has 1 aliphatic heterocycles. The van der Waals surface area contributed by atoms with Gasteiger partial charge in [0.15, 0.2) is 0 Å². The number of hydrogen-bond donors (Lipinski definition) is 1. The largest absolute Gasteiger partial charge is 0.396 e. The first-order valence-electron chi connectivity index (χ1n) is 5.26. The molecule has 1 saturated carbocycles. The molecule has 1 aliphatic carbocycles. The van der Waals surface area contributed by atoms with E-state index in [-0.39, 0.29) is 0 Å². The van der Waals surface area contributed by atoms with Crippen LogP contribution in [0.2, 0.25) is 0 Å². The van der Waals surface area contributed by atoms with Gasteiger partial charge < -0.3 is 9.84 Å². The fourth-order valence-corrected chi connectivity index (χ4v) is 2.13. The number of aliphatic hydroxyl groups excluding tert-OH is 1. The van der Waals surface area contributed by atoms with Crippen LogP contribution >= 0.6 is 0 Å². The van der Waals surface area contributed by atoms with Crippen molar-refractivity contribution in [3.8, 4) is 0 Å². The summed E-state index contributed by atoms with van der Waals surface area (Å²) in [5, 5.41) is 8.93. The lowest BCUT2D eigenvalue weighted by molar-refractivity contribution is 0.0261. The maximum absolute atomic E-state index is 8.93. The zero-order valence-electron chi connectivity index (χ0n) is 8.17. The van der Waals surface area contributed by atoms with Crippen LogP contribution in [0, 0.1) is 5.41 Å². The number of hydrogen-bond acceptors (Lipinski definition) is 3. The molecule has 2 fully saturated rings. The van der Waals surface area contributed by atoms with Crippen molar-refractivity contribution in [1.29, 1.82) is 0 Å². The molecule has 0 spiro atoms. The number of nitrogens with zero attached hydrogens (tertiary/aromatic N) is 1. The Morgan fingerprint density at radius 2 is 1.92 bits per heavy atom. The molecule has 0 amide bonds. The highest BCUT2D eigenvalue weighted by molar-refractivity contribution is 4.95. The van der Waals surface area contributed by atoms with Crippen molar-refractivity contribution in [2.75, 3.05) is 39.5 Å². The second-order valence-electron chi connectivity index (χ2n) is 4.36. The third-order valence-electron chi connectivity index (χ3n) is 3.26. The standard InChI is InChI=1S/C10H19NO2/c12-6-3-10(1-2-10)9-11-4-7-13-8-5-11/h12H,1-9H2. The van der Waals surface area contributed by atoms with E-state index in [1.807, 2.05) is 0 Å². The van der Waals surface area contributed by atoms with Gasteiger partial charge in [-0.1, -0.05) is 0 Å². The Hall–Kier alpha value is -0.120. The van der Waals surface area contributed by atoms with Crippen molar-refractivity contribution in [2.45, 2.75) is 19.3 Å². The molecule has 2 aliphatic rings. The van der Waals surface area contributed by atoms with Crippen LogP contribution in [0.25, 0.3) is 0 Å². The summed E-state index contributed by atoms with van der Waals surface area (Å²) in [4.78, 5) is 2.48. The van der Waals surface area contributed by atoms with Gasteiger partial charge in [0.25, 0.3) is 0 Å². The van der Waals surface area contributed by atoms with Crippen molar-refractivity contribution in [1.82, 2.24) is 4.90 Å². The smallest absolute Gasteiger partial charge is 0.0594 e. The zero-order valence-corrected chi connectivity index (χ0v) is 8.17. The molecule has 0 radical (unpaired) electrons. The molecule has 0 atom stereocenters. The van der Waals surface area contributed by atoms with Crippen molar-refractivity contribution in [3.05, 3.63) is 0 Å². The number of morpholine rings is 1. The Morgan fingerprint density at radius 3 is 2.46 bits per heavy atom. The molecule has 0 bridgehead atoms. The van der Waals surface area contributed by atoms with E-state index in [1.54, 1.807) is 0 Å². The van der Waals surface area contributed by atoms with Crippen LogP contribution in [-0.4, -0.2) is 49.5 Å². The molecule has 13 heavy (non-hydrogen) atoms. The Balaban J connectivity index is 1.76. The predicted octanol–water partition coefficient (Wildman–Crippen LogP) is 0.481. The third kappa shape index (κ3) is 2.42. The summed E-state index contributed by atoms with van der Waals surface area (Å²) in [7, 11) is 0. The lowest BCUT2D eigenvalue weighted by Gasteiger charge is -2.30. The summed E-state index contributed by atoms with van der Waals surface area (Å²) in [5.41, 5.74) is 0.478. The first-order chi connectivity index (χ1) is 6.35. The molecule has 76 valence electrons. The quantitative estimate of drug-likeness (QED) is 0.691. The van der Waals surface area contributed by atoms with Crippen LogP contribution in [-0.2, 0) is 4.74 Å². The molecule has 2 rings (SSSR count). The van der Waals surface area contributed by atoms with Crippen LogP contribution in [0.15, 0.2) is 0 Å². The summed E-state index contributed by atoms with van der Waals surface area (Å²) in [5.74, 6) is 0. The third-order valence-corrected chi connectivity index (χ3v) is 3.26. The van der Waals surface area contributed by atoms with Crippen LogP contribution < -0.4 is 0 Å². The second kappa shape index (κ2) is 3.95. The molecule has 1 saturated heterocycles. The average Bonchev–Trinajstić information content (AvgIpc) is 2.87. The van der Waals surface area contributed by atoms with Gasteiger partial charge in [-0.2, -0.15) is 0 Å². The first kappa shape index (κ1) is 9.44. The SMILES string of the molecule is OCCC1(CN2CCOCC2)CC1. The monoisotopic (exact) mass is 185 g/mol. The molecular weight excluding hydrogens is 166 g/mol. The molecule has 3 nitrogen and oxygen atoms in total. The number of ether oxygens (including phenoxy) is 1. The molecule has 0 aromatic heterocycles. The Bertz CT molecular complexity index is 162. The van der Waals surface area contributed by atoms with Crippen LogP contribution in [0.3, 0.4) is 0 Å². The lowest BCUT2D eigenvalue weighted by Crippen LogP contribution is -2.40. The first-order valence-corrected chi connectivity index (χ1v) is 5.26. The number of rotatable bonds is 4. The summed E-state index contributed by atoms with van der Waals surface area (Å²) in [6.07, 6.45) is 3.61. The van der Waals surface area contributed by atoms with E-state index < -0.39 is 0 Å². The van der Waals surface area contributed by atoms with E-state index >= 15 is 0 Å². The summed E-state index contributed by atoms with van der Waals surface area (Å²) >= 11 is 0. The van der Waals surface area contributed by atoms with Crippen LogP contribution in [0.5, 0.6) is 0 Å². The van der Waals surface area contributed by atoms with E-state index in [4.69, 9.17) is 9.84 Å². The van der Waals surface area contributed by atoms with Gasteiger partial charge in [-0.3, -0.25) is 4.90 Å². The van der Waals surface area contributed by atoms with Gasteiger partial charge in [-0.25, -0.2) is 0 Å². The predicted molar refractivity (Wildman–Crippen MR) is 50.6 cm³/mol. The number of aliphatic hydroxyl groups is 1. The molecule has 1 heterocycles. The van der Waals surface area contributed by atoms with Gasteiger partial charge >= 0.3 is 0 Å². The Labute approximate surface area is 79.7 Å². The highest BCUT2D eigenvalue weighted by atomic mass is 16.5. The van der Waals surface area contributed by atoms with Gasteiger partial charge in [0.1, 0.15) is 0 Å². The molecular formula is C10H19NO2. The minimum Gasteiger partial charge on any atom is -0.396 e. The Kier molecular flexibility index (Phi) is 2.86. The van der Waals surface area contributed by atoms with Crippen molar-refractivity contribution >= 4 is 0 Å². The van der Waals surface area contributed by atoms with Crippen LogP contribution in [0.1, 0.15) is 19.3 Å². The average molecular weight is 185 g/mol. The van der Waals surface area contributed by atoms with Gasteiger partial charge in [-0.05, 0) is 24.7 Å². The zero-order chi connectivity index (χ0) is 9.15. The van der Waals surface area contributed by atoms with E-state index in [1.165, 1.54) is 19.4 Å². The van der Waals surface area contributed by atoms with Crippen molar-refractivity contribution in [2.24, 2.45) is 5.41 Å². The lowest BCUT2D eigenvalue weighted by atomic mass is 10.0. The molecule has 0 aromatic rings. The van der Waals surface area contributed by atoms with Gasteiger partial charge in [0.05, 0.1) is 13.2 Å². The van der Waals surface area contributed by atoms with E-state index in [0.717, 1.165) is 32.7 Å². The topological polar surface area (TPSA) is 32.7 Å². The minimum absolute atomic E-state index is 0.352. The van der Waals surface area contributed by atoms with E-state index in [2.05, 4.69) is 4.90 Å². The summed E-state index contributed by atoms with van der Waals surface area (Å²) in [6, 6.07) is 0. The fourth-order valence-electron chi connectivity index (χ4n) is 2.13. The maximum Gasteiger partial charge on any atom is 0.0594 e. The van der Waals surface area contributed by atoms with Crippen LogP contribution in [0.4, 0.5) is 0 Å². The highest BCUT2D eigenvalue weighted by Crippen LogP contribution is 2.49. The van der Waals surface area contributed by atoms with Gasteiger partial charge in [-0.15, -0.1) is 0 Å². The van der Waals surface area contributed by atoms with E-state index in [0.29, 0.717) is 12.0 Å². The summed E-state index contributed by atoms with van der Waals surface area (Å²) < 4.78 is 5.30. The second-order valence-corrected chi connectivity index (χ2v) is 4.36. The molecule has 0 aromatic carbocycles. The normalized spacial score (nSPS) is 27.5. The molecule has 3 heteroatoms. The Morgan fingerprint density at radius 1 is 1.23 bits per heavy atom. The maximum atomic E-state index is 8.93. The highest BCUT2D eigenvalue weighted by Gasteiger charge is 2.43. The van der Waals surface area contributed by atoms with Crippen molar-refractivity contribution < 1.29 is 9.84 Å². The molecule has 1 N–H and O–H groups in total. The summed E-state index contributed by atoms with van der Waals surface area (Å²) in [6.45, 7) is 5.45. The van der Waals surface area contributed by atoms with Crippen molar-refractivity contribution in [3.63, 3.8) is 0 Å². The van der Waals surface area contributed by atoms with Gasteiger partial charge in [0.2, 0.25) is 0 Å². The minimum atomic E-state index is 0.352. The van der Waals surface area contributed by atoms with E-state index in [9.17, 15) is 0 Å². The molecule has 0 unspecified atom stereocenters. The fraction of sp³-hybridized carbons (Fsp3) is 1.00. The van der Waals surface area contributed by atoms with Gasteiger partial charge in [0, 0.05) is 26.2 Å².